The summed E-state index contributed by atoms with van der Waals surface area (Å²) in [4.78, 5) is 15.1. The Balaban J connectivity index is 1.28. The number of benzene rings is 2. The third-order valence-electron chi connectivity index (χ3n) is 7.21. The SMILES string of the molecule is Fc1cccc(-c2cccc3[nH]c(-c4[nH]nc5ncc(-c6cncc(CN7CCCC7)c6)cc45)cc23)c1. The molecule has 0 amide bonds. The van der Waals surface area contributed by atoms with E-state index in [0.717, 1.165) is 69.6 Å². The van der Waals surface area contributed by atoms with Crippen LogP contribution in [0.4, 0.5) is 4.39 Å². The van der Waals surface area contributed by atoms with Gasteiger partial charge < -0.3 is 4.98 Å². The van der Waals surface area contributed by atoms with Crippen LogP contribution in [0.25, 0.3) is 55.6 Å². The number of rotatable bonds is 5. The van der Waals surface area contributed by atoms with Gasteiger partial charge in [0.2, 0.25) is 0 Å². The van der Waals surface area contributed by atoms with E-state index in [2.05, 4.69) is 48.2 Å². The van der Waals surface area contributed by atoms with Gasteiger partial charge in [0.15, 0.2) is 5.65 Å². The lowest BCUT2D eigenvalue weighted by Crippen LogP contribution is -2.18. The molecule has 0 atom stereocenters. The first-order valence-electron chi connectivity index (χ1n) is 12.6. The van der Waals surface area contributed by atoms with E-state index >= 15 is 0 Å². The second kappa shape index (κ2) is 8.94. The molecule has 5 heterocycles. The van der Waals surface area contributed by atoms with Crippen molar-refractivity contribution in [2.24, 2.45) is 0 Å². The predicted molar refractivity (Wildman–Crippen MR) is 144 cm³/mol. The van der Waals surface area contributed by atoms with Crippen molar-refractivity contribution in [1.82, 2.24) is 30.0 Å². The van der Waals surface area contributed by atoms with Crippen LogP contribution in [0.2, 0.25) is 0 Å². The topological polar surface area (TPSA) is 73.5 Å². The van der Waals surface area contributed by atoms with E-state index < -0.39 is 0 Å². The Bertz CT molecular complexity index is 1740. The molecule has 1 aliphatic heterocycles. The van der Waals surface area contributed by atoms with E-state index in [1.54, 1.807) is 12.1 Å². The summed E-state index contributed by atoms with van der Waals surface area (Å²) >= 11 is 0. The van der Waals surface area contributed by atoms with E-state index in [0.29, 0.717) is 5.65 Å². The Labute approximate surface area is 213 Å². The molecule has 182 valence electrons. The van der Waals surface area contributed by atoms with Gasteiger partial charge in [-0.3, -0.25) is 15.0 Å². The second-order valence-corrected chi connectivity index (χ2v) is 9.72. The van der Waals surface area contributed by atoms with E-state index in [-0.39, 0.29) is 5.82 Å². The number of fused-ring (bicyclic) bond motifs is 2. The molecule has 0 unspecified atom stereocenters. The zero-order chi connectivity index (χ0) is 24.8. The number of hydrogen-bond acceptors (Lipinski definition) is 4. The van der Waals surface area contributed by atoms with Crippen LogP contribution in [0, 0.1) is 5.82 Å². The second-order valence-electron chi connectivity index (χ2n) is 9.72. The third kappa shape index (κ3) is 4.07. The summed E-state index contributed by atoms with van der Waals surface area (Å²) in [5, 5.41) is 9.58. The van der Waals surface area contributed by atoms with Crippen LogP contribution in [-0.2, 0) is 6.54 Å². The number of pyridine rings is 2. The maximum absolute atomic E-state index is 13.9. The number of likely N-dealkylation sites (tertiary alicyclic amines) is 1. The lowest BCUT2D eigenvalue weighted by molar-refractivity contribution is 0.331. The first kappa shape index (κ1) is 21.9. The highest BCUT2D eigenvalue weighted by Crippen LogP contribution is 2.35. The predicted octanol–water partition coefficient (Wildman–Crippen LogP) is 6.57. The molecular weight excluding hydrogens is 463 g/mol. The molecule has 0 bridgehead atoms. The number of halogens is 1. The molecule has 0 radical (unpaired) electrons. The minimum Gasteiger partial charge on any atom is -0.353 e. The fourth-order valence-corrected chi connectivity index (χ4v) is 5.39. The van der Waals surface area contributed by atoms with Crippen molar-refractivity contribution >= 4 is 21.9 Å². The van der Waals surface area contributed by atoms with Gasteiger partial charge in [-0.1, -0.05) is 24.3 Å². The highest BCUT2D eigenvalue weighted by Gasteiger charge is 2.16. The van der Waals surface area contributed by atoms with Crippen LogP contribution in [0.15, 0.2) is 79.3 Å². The Morgan fingerprint density at radius 3 is 2.59 bits per heavy atom. The Morgan fingerprint density at radius 1 is 0.838 bits per heavy atom. The summed E-state index contributed by atoms with van der Waals surface area (Å²) in [7, 11) is 0. The standard InChI is InChI=1S/C30H25FN6/c31-23-6-3-5-20(12-23)24-7-4-8-27-25(24)14-28(34-27)29-26-13-22(17-33-30(26)36-35-29)21-11-19(15-32-16-21)18-37-9-1-2-10-37/h3-8,11-17,34H,1-2,9-10,18H2,(H,33,35,36). The van der Waals surface area contributed by atoms with E-state index in [1.807, 2.05) is 42.9 Å². The minimum atomic E-state index is -0.248. The van der Waals surface area contributed by atoms with E-state index in [9.17, 15) is 4.39 Å². The molecule has 0 spiro atoms. The Hall–Kier alpha value is -4.36. The normalized spacial score (nSPS) is 14.2. The summed E-state index contributed by atoms with van der Waals surface area (Å²) in [5.41, 5.74) is 8.48. The largest absolute Gasteiger partial charge is 0.353 e. The molecule has 2 N–H and O–H groups in total. The van der Waals surface area contributed by atoms with Gasteiger partial charge in [0.1, 0.15) is 5.82 Å². The minimum absolute atomic E-state index is 0.248. The van der Waals surface area contributed by atoms with Crippen molar-refractivity contribution < 1.29 is 4.39 Å². The van der Waals surface area contributed by atoms with Gasteiger partial charge in [0.05, 0.1) is 11.4 Å². The van der Waals surface area contributed by atoms with Crippen molar-refractivity contribution in [3.8, 4) is 33.6 Å². The van der Waals surface area contributed by atoms with Crippen LogP contribution in [-0.4, -0.2) is 43.1 Å². The smallest absolute Gasteiger partial charge is 0.181 e. The van der Waals surface area contributed by atoms with Gasteiger partial charge in [-0.2, -0.15) is 5.10 Å². The fourth-order valence-electron chi connectivity index (χ4n) is 5.39. The summed E-state index contributed by atoms with van der Waals surface area (Å²) in [5.74, 6) is -0.248. The summed E-state index contributed by atoms with van der Waals surface area (Å²) < 4.78 is 13.9. The van der Waals surface area contributed by atoms with Gasteiger partial charge in [0.25, 0.3) is 0 Å². The molecule has 0 saturated carbocycles. The number of hydrogen-bond donors (Lipinski definition) is 2. The zero-order valence-corrected chi connectivity index (χ0v) is 20.2. The molecule has 1 aliphatic rings. The molecule has 0 aliphatic carbocycles. The number of aromatic amines is 2. The first-order valence-corrected chi connectivity index (χ1v) is 12.6. The molecular formula is C30H25FN6. The van der Waals surface area contributed by atoms with Crippen molar-refractivity contribution in [3.63, 3.8) is 0 Å². The molecule has 7 rings (SSSR count). The van der Waals surface area contributed by atoms with Gasteiger partial charge in [-0.05, 0) is 79.0 Å². The molecule has 4 aromatic heterocycles. The average molecular weight is 489 g/mol. The molecule has 7 heteroatoms. The van der Waals surface area contributed by atoms with Gasteiger partial charge in [0, 0.05) is 52.6 Å². The van der Waals surface area contributed by atoms with E-state index in [4.69, 9.17) is 0 Å². The monoisotopic (exact) mass is 488 g/mol. The number of nitrogens with one attached hydrogen (secondary N) is 2. The molecule has 1 saturated heterocycles. The van der Waals surface area contributed by atoms with E-state index in [1.165, 1.54) is 24.5 Å². The lowest BCUT2D eigenvalue weighted by atomic mass is 10.0. The van der Waals surface area contributed by atoms with Crippen molar-refractivity contribution in [1.29, 1.82) is 0 Å². The molecule has 2 aromatic carbocycles. The molecule has 6 aromatic rings. The molecule has 1 fully saturated rings. The number of H-pyrrole nitrogens is 2. The van der Waals surface area contributed by atoms with Crippen molar-refractivity contribution in [2.45, 2.75) is 19.4 Å². The Kier molecular flexibility index (Phi) is 5.29. The quantitative estimate of drug-likeness (QED) is 0.288. The van der Waals surface area contributed by atoms with Crippen LogP contribution in [0.3, 0.4) is 0 Å². The summed E-state index contributed by atoms with van der Waals surface area (Å²) in [6.45, 7) is 3.24. The summed E-state index contributed by atoms with van der Waals surface area (Å²) in [6.07, 6.45) is 8.25. The van der Waals surface area contributed by atoms with Crippen LogP contribution in [0.5, 0.6) is 0 Å². The van der Waals surface area contributed by atoms with Gasteiger partial charge in [-0.25, -0.2) is 9.37 Å². The summed E-state index contributed by atoms with van der Waals surface area (Å²) in [6, 6.07) is 19.1. The van der Waals surface area contributed by atoms with Gasteiger partial charge in [-0.15, -0.1) is 0 Å². The Morgan fingerprint density at radius 2 is 1.70 bits per heavy atom. The fraction of sp³-hybridized carbons (Fsp3) is 0.167. The van der Waals surface area contributed by atoms with Gasteiger partial charge >= 0.3 is 0 Å². The number of aromatic nitrogens is 5. The maximum atomic E-state index is 13.9. The molecule has 6 nitrogen and oxygen atoms in total. The van der Waals surface area contributed by atoms with Crippen LogP contribution < -0.4 is 0 Å². The first-order chi connectivity index (χ1) is 18.2. The molecule has 37 heavy (non-hydrogen) atoms. The van der Waals surface area contributed by atoms with Crippen LogP contribution >= 0.6 is 0 Å². The highest BCUT2D eigenvalue weighted by molar-refractivity contribution is 6.01. The average Bonchev–Trinajstić information content (AvgIpc) is 3.67. The van der Waals surface area contributed by atoms with Crippen molar-refractivity contribution in [2.75, 3.05) is 13.1 Å². The number of nitrogens with zero attached hydrogens (tertiary/aromatic N) is 4. The van der Waals surface area contributed by atoms with Crippen LogP contribution in [0.1, 0.15) is 18.4 Å². The third-order valence-corrected chi connectivity index (χ3v) is 7.21. The van der Waals surface area contributed by atoms with Crippen molar-refractivity contribution in [3.05, 3.63) is 90.6 Å². The maximum Gasteiger partial charge on any atom is 0.181 e. The lowest BCUT2D eigenvalue weighted by Gasteiger charge is -2.14. The highest BCUT2D eigenvalue weighted by atomic mass is 19.1. The zero-order valence-electron chi connectivity index (χ0n) is 20.2.